The Morgan fingerprint density at radius 3 is 2.50 bits per heavy atom. The van der Waals surface area contributed by atoms with Crippen molar-refractivity contribution in [1.29, 1.82) is 0 Å². The molecule has 3 heteroatoms. The quantitative estimate of drug-likeness (QED) is 0.802. The van der Waals surface area contributed by atoms with Crippen LogP contribution in [0.3, 0.4) is 0 Å². The van der Waals surface area contributed by atoms with E-state index >= 15 is 0 Å². The van der Waals surface area contributed by atoms with Crippen molar-refractivity contribution in [1.82, 2.24) is 5.32 Å². The normalized spacial score (nSPS) is 17.2. The molecular weight excluding hydrogens is 246 g/mol. The summed E-state index contributed by atoms with van der Waals surface area (Å²) in [6.07, 6.45) is 7.19. The van der Waals surface area contributed by atoms with Crippen LogP contribution in [-0.2, 0) is 0 Å². The number of nitrogens with one attached hydrogen (secondary N) is 1. The van der Waals surface area contributed by atoms with Gasteiger partial charge in [-0.05, 0) is 37.5 Å². The van der Waals surface area contributed by atoms with Crippen LogP contribution in [0.15, 0.2) is 18.2 Å². The molecule has 1 fully saturated rings. The topological polar surface area (TPSA) is 29.1 Å². The molecule has 2 rings (SSSR count). The van der Waals surface area contributed by atoms with Crippen LogP contribution in [0.2, 0.25) is 5.02 Å². The highest BCUT2D eigenvalue weighted by atomic mass is 35.5. The molecular formula is C15H20ClNO. The third-order valence-corrected chi connectivity index (χ3v) is 3.87. The molecule has 0 unspecified atom stereocenters. The van der Waals surface area contributed by atoms with Crippen molar-refractivity contribution in [2.75, 3.05) is 0 Å². The summed E-state index contributed by atoms with van der Waals surface area (Å²) in [7, 11) is 0. The molecule has 0 atom stereocenters. The standard InChI is InChI=1S/C15H20ClNO/c1-11-8-9-13(14(16)10-11)15(18)17-12-6-4-2-3-5-7-12/h8-10,12H,2-7H2,1H3,(H,17,18). The first-order chi connectivity index (χ1) is 8.66. The number of carbonyl (C=O) groups excluding carboxylic acids is 1. The van der Waals surface area contributed by atoms with Gasteiger partial charge in [0, 0.05) is 6.04 Å². The molecule has 0 aromatic heterocycles. The van der Waals surface area contributed by atoms with E-state index in [4.69, 9.17) is 11.6 Å². The zero-order valence-corrected chi connectivity index (χ0v) is 11.6. The van der Waals surface area contributed by atoms with Gasteiger partial charge in [-0.3, -0.25) is 4.79 Å². The molecule has 0 radical (unpaired) electrons. The van der Waals surface area contributed by atoms with Gasteiger partial charge in [-0.15, -0.1) is 0 Å². The number of rotatable bonds is 2. The molecule has 2 nitrogen and oxygen atoms in total. The van der Waals surface area contributed by atoms with Crippen molar-refractivity contribution in [3.8, 4) is 0 Å². The molecule has 1 aliphatic rings. The molecule has 0 spiro atoms. The number of hydrogen-bond donors (Lipinski definition) is 1. The molecule has 1 aromatic rings. The lowest BCUT2D eigenvalue weighted by atomic mass is 10.1. The summed E-state index contributed by atoms with van der Waals surface area (Å²) in [5, 5.41) is 3.65. The van der Waals surface area contributed by atoms with Crippen molar-refractivity contribution in [2.24, 2.45) is 0 Å². The smallest absolute Gasteiger partial charge is 0.253 e. The van der Waals surface area contributed by atoms with E-state index in [0.717, 1.165) is 18.4 Å². The van der Waals surface area contributed by atoms with Gasteiger partial charge >= 0.3 is 0 Å². The second-order valence-corrected chi connectivity index (χ2v) is 5.55. The Bertz CT molecular complexity index is 423. The molecule has 0 saturated heterocycles. The van der Waals surface area contributed by atoms with Gasteiger partial charge in [0.15, 0.2) is 0 Å². The van der Waals surface area contributed by atoms with Gasteiger partial charge < -0.3 is 5.32 Å². The lowest BCUT2D eigenvalue weighted by molar-refractivity contribution is 0.0933. The second-order valence-electron chi connectivity index (χ2n) is 5.15. The van der Waals surface area contributed by atoms with Crippen LogP contribution in [0.1, 0.15) is 54.4 Å². The molecule has 1 saturated carbocycles. The molecule has 1 amide bonds. The van der Waals surface area contributed by atoms with Crippen LogP contribution in [0.5, 0.6) is 0 Å². The fraction of sp³-hybridized carbons (Fsp3) is 0.533. The number of carbonyl (C=O) groups is 1. The molecule has 1 N–H and O–H groups in total. The minimum atomic E-state index is -0.0353. The van der Waals surface area contributed by atoms with Crippen LogP contribution in [-0.4, -0.2) is 11.9 Å². The van der Waals surface area contributed by atoms with E-state index in [1.54, 1.807) is 0 Å². The number of benzene rings is 1. The van der Waals surface area contributed by atoms with Gasteiger partial charge in [-0.25, -0.2) is 0 Å². The van der Waals surface area contributed by atoms with Gasteiger partial charge in [0.25, 0.3) is 5.91 Å². The summed E-state index contributed by atoms with van der Waals surface area (Å²) >= 11 is 6.11. The summed E-state index contributed by atoms with van der Waals surface area (Å²) in [6.45, 7) is 1.97. The molecule has 0 aliphatic heterocycles. The van der Waals surface area contributed by atoms with E-state index in [2.05, 4.69) is 5.32 Å². The monoisotopic (exact) mass is 265 g/mol. The van der Waals surface area contributed by atoms with E-state index in [0.29, 0.717) is 16.6 Å². The first kappa shape index (κ1) is 13.4. The largest absolute Gasteiger partial charge is 0.349 e. The van der Waals surface area contributed by atoms with Crippen molar-refractivity contribution in [3.63, 3.8) is 0 Å². The van der Waals surface area contributed by atoms with Gasteiger partial charge in [0.05, 0.1) is 10.6 Å². The lowest BCUT2D eigenvalue weighted by Gasteiger charge is -2.16. The highest BCUT2D eigenvalue weighted by molar-refractivity contribution is 6.33. The maximum Gasteiger partial charge on any atom is 0.253 e. The maximum absolute atomic E-state index is 12.2. The number of amides is 1. The maximum atomic E-state index is 12.2. The summed E-state index contributed by atoms with van der Waals surface area (Å²) < 4.78 is 0. The first-order valence-corrected chi connectivity index (χ1v) is 7.11. The van der Waals surface area contributed by atoms with E-state index < -0.39 is 0 Å². The predicted octanol–water partition coefficient (Wildman–Crippen LogP) is 4.10. The summed E-state index contributed by atoms with van der Waals surface area (Å²) in [4.78, 5) is 12.2. The highest BCUT2D eigenvalue weighted by Gasteiger charge is 2.17. The van der Waals surface area contributed by atoms with Crippen molar-refractivity contribution >= 4 is 17.5 Å². The van der Waals surface area contributed by atoms with Gasteiger partial charge in [-0.2, -0.15) is 0 Å². The molecule has 98 valence electrons. The highest BCUT2D eigenvalue weighted by Crippen LogP contribution is 2.20. The molecule has 1 aliphatic carbocycles. The van der Waals surface area contributed by atoms with Crippen LogP contribution in [0, 0.1) is 6.92 Å². The van der Waals surface area contributed by atoms with E-state index in [9.17, 15) is 4.79 Å². The SMILES string of the molecule is Cc1ccc(C(=O)NC2CCCCCC2)c(Cl)c1. The second kappa shape index (κ2) is 6.24. The Balaban J connectivity index is 2.02. The lowest BCUT2D eigenvalue weighted by Crippen LogP contribution is -2.34. The molecule has 18 heavy (non-hydrogen) atoms. The third kappa shape index (κ3) is 3.49. The third-order valence-electron chi connectivity index (χ3n) is 3.56. The van der Waals surface area contributed by atoms with Gasteiger partial charge in [0.2, 0.25) is 0 Å². The molecule has 0 bridgehead atoms. The minimum Gasteiger partial charge on any atom is -0.349 e. The zero-order valence-electron chi connectivity index (χ0n) is 10.8. The van der Waals surface area contributed by atoms with Crippen molar-refractivity contribution in [2.45, 2.75) is 51.5 Å². The number of aryl methyl sites for hydroxylation is 1. The Kier molecular flexibility index (Phi) is 4.65. The van der Waals surface area contributed by atoms with E-state index in [-0.39, 0.29) is 5.91 Å². The molecule has 1 aromatic carbocycles. The minimum absolute atomic E-state index is 0.0353. The van der Waals surface area contributed by atoms with Crippen LogP contribution in [0.4, 0.5) is 0 Å². The Morgan fingerprint density at radius 1 is 1.22 bits per heavy atom. The zero-order chi connectivity index (χ0) is 13.0. The average Bonchev–Trinajstić information content (AvgIpc) is 2.57. The Labute approximate surface area is 114 Å². The predicted molar refractivity (Wildman–Crippen MR) is 75.1 cm³/mol. The molecule has 0 heterocycles. The van der Waals surface area contributed by atoms with Gasteiger partial charge in [-0.1, -0.05) is 43.4 Å². The summed E-state index contributed by atoms with van der Waals surface area (Å²) in [5.74, 6) is -0.0353. The van der Waals surface area contributed by atoms with Crippen molar-refractivity contribution in [3.05, 3.63) is 34.3 Å². The van der Waals surface area contributed by atoms with Crippen molar-refractivity contribution < 1.29 is 4.79 Å². The summed E-state index contributed by atoms with van der Waals surface area (Å²) in [5.41, 5.74) is 1.66. The average molecular weight is 266 g/mol. The summed E-state index contributed by atoms with van der Waals surface area (Å²) in [6, 6.07) is 5.89. The van der Waals surface area contributed by atoms with Crippen LogP contribution in [0.25, 0.3) is 0 Å². The Hall–Kier alpha value is -1.02. The van der Waals surface area contributed by atoms with E-state index in [1.807, 2.05) is 25.1 Å². The number of hydrogen-bond acceptors (Lipinski definition) is 1. The number of halogens is 1. The van der Waals surface area contributed by atoms with Gasteiger partial charge in [0.1, 0.15) is 0 Å². The fourth-order valence-corrected chi connectivity index (χ4v) is 2.81. The Morgan fingerprint density at radius 2 is 1.89 bits per heavy atom. The van der Waals surface area contributed by atoms with Crippen LogP contribution >= 0.6 is 11.6 Å². The van der Waals surface area contributed by atoms with E-state index in [1.165, 1.54) is 25.7 Å². The van der Waals surface area contributed by atoms with Crippen LogP contribution < -0.4 is 5.32 Å². The fourth-order valence-electron chi connectivity index (χ4n) is 2.49. The first-order valence-electron chi connectivity index (χ1n) is 6.74.